The highest BCUT2D eigenvalue weighted by atomic mass is 15.4. The third-order valence-electron chi connectivity index (χ3n) is 8.49. The first-order chi connectivity index (χ1) is 14.6. The van der Waals surface area contributed by atoms with E-state index in [1.165, 1.54) is 40.3 Å². The molecule has 6 aliphatic rings. The highest BCUT2D eigenvalue weighted by Crippen LogP contribution is 2.68. The van der Waals surface area contributed by atoms with Crippen molar-refractivity contribution in [2.24, 2.45) is 4.99 Å². The largest absolute Gasteiger partial charge is 0.364 e. The van der Waals surface area contributed by atoms with Crippen molar-refractivity contribution in [3.8, 4) is 0 Å². The molecule has 4 heteroatoms. The summed E-state index contributed by atoms with van der Waals surface area (Å²) in [6.07, 6.45) is 5.00. The number of rotatable bonds is 1. The lowest BCUT2D eigenvalue weighted by atomic mass is 9.50. The van der Waals surface area contributed by atoms with E-state index in [9.17, 15) is 0 Å². The van der Waals surface area contributed by atoms with Gasteiger partial charge in [0.1, 0.15) is 12.0 Å². The van der Waals surface area contributed by atoms with Gasteiger partial charge in [-0.25, -0.2) is 0 Å². The second-order valence-electron chi connectivity index (χ2n) is 9.91. The Balaban J connectivity index is 1.66. The third-order valence-corrected chi connectivity index (χ3v) is 8.49. The van der Waals surface area contributed by atoms with Crippen LogP contribution in [0, 0.1) is 0 Å². The van der Waals surface area contributed by atoms with Gasteiger partial charge in [0.15, 0.2) is 0 Å². The van der Waals surface area contributed by atoms with E-state index in [0.29, 0.717) is 0 Å². The number of nitrogens with zero attached hydrogens (tertiary/aromatic N) is 3. The summed E-state index contributed by atoms with van der Waals surface area (Å²) in [4.78, 5) is 10.4. The van der Waals surface area contributed by atoms with E-state index in [1.807, 2.05) is 0 Å². The Morgan fingerprint density at radius 3 is 2.87 bits per heavy atom. The van der Waals surface area contributed by atoms with Crippen molar-refractivity contribution in [2.45, 2.75) is 49.7 Å². The van der Waals surface area contributed by atoms with Crippen LogP contribution >= 0.6 is 0 Å². The van der Waals surface area contributed by atoms with Crippen LogP contribution in [0.3, 0.4) is 0 Å². The van der Waals surface area contributed by atoms with E-state index in [1.54, 1.807) is 5.56 Å². The summed E-state index contributed by atoms with van der Waals surface area (Å²) in [6, 6.07) is 16.3. The van der Waals surface area contributed by atoms with Crippen molar-refractivity contribution in [1.82, 2.24) is 4.90 Å². The smallest absolute Gasteiger partial charge is 0.112 e. The fraction of sp³-hybridized carbons (Fsp3) is 0.423. The molecule has 2 aromatic rings. The Labute approximate surface area is 178 Å². The molecule has 0 saturated carbocycles. The molecule has 2 spiro atoms. The Hall–Kier alpha value is -2.75. The van der Waals surface area contributed by atoms with Gasteiger partial charge in [-0.1, -0.05) is 42.0 Å². The van der Waals surface area contributed by atoms with Crippen LogP contribution in [-0.4, -0.2) is 37.0 Å². The predicted octanol–water partition coefficient (Wildman–Crippen LogP) is 4.59. The summed E-state index contributed by atoms with van der Waals surface area (Å²) in [5.41, 5.74) is 8.56. The van der Waals surface area contributed by atoms with Crippen LogP contribution in [0.4, 0.5) is 11.4 Å². The van der Waals surface area contributed by atoms with Crippen LogP contribution in [-0.2, 0) is 10.8 Å². The van der Waals surface area contributed by atoms with Crippen molar-refractivity contribution >= 4 is 17.2 Å². The first-order valence-electron chi connectivity index (χ1n) is 11.3. The number of likely N-dealkylation sites (N-methyl/N-ethyl adjacent to an activating group) is 1. The van der Waals surface area contributed by atoms with E-state index in [2.05, 4.69) is 84.6 Å². The van der Waals surface area contributed by atoms with Crippen LogP contribution < -0.4 is 10.2 Å². The average Bonchev–Trinajstić information content (AvgIpc) is 3.24. The van der Waals surface area contributed by atoms with Crippen LogP contribution in [0.25, 0.3) is 0 Å². The number of benzene rings is 2. The second-order valence-corrected chi connectivity index (χ2v) is 9.91. The van der Waals surface area contributed by atoms with E-state index >= 15 is 0 Å². The summed E-state index contributed by atoms with van der Waals surface area (Å²) >= 11 is 0. The molecule has 0 radical (unpaired) electrons. The summed E-state index contributed by atoms with van der Waals surface area (Å²) in [5, 5.41) is 3.99. The molecule has 2 bridgehead atoms. The number of piperidine rings is 1. The third kappa shape index (κ3) is 1.60. The van der Waals surface area contributed by atoms with E-state index in [-0.39, 0.29) is 23.0 Å². The molecular formula is C26H28N4. The van der Waals surface area contributed by atoms with Gasteiger partial charge in [-0.3, -0.25) is 4.99 Å². The lowest BCUT2D eigenvalue weighted by Gasteiger charge is -2.59. The number of nitrogens with one attached hydrogen (secondary N) is 1. The first-order valence-corrected chi connectivity index (χ1v) is 11.3. The Morgan fingerprint density at radius 1 is 1.13 bits per heavy atom. The first kappa shape index (κ1) is 17.0. The predicted molar refractivity (Wildman–Crippen MR) is 122 cm³/mol. The molecule has 4 atom stereocenters. The zero-order valence-electron chi connectivity index (χ0n) is 17.9. The number of anilines is 2. The molecule has 0 amide bonds. The van der Waals surface area contributed by atoms with Crippen molar-refractivity contribution < 1.29 is 0 Å². The minimum atomic E-state index is -0.0440. The second kappa shape index (κ2) is 5.29. The van der Waals surface area contributed by atoms with E-state index in [0.717, 1.165) is 19.5 Å². The molecule has 0 unspecified atom stereocenters. The molecule has 8 rings (SSSR count). The van der Waals surface area contributed by atoms with Crippen molar-refractivity contribution in [2.75, 3.05) is 30.4 Å². The normalized spacial score (nSPS) is 33.9. The maximum absolute atomic E-state index is 5.26. The molecule has 1 saturated heterocycles. The summed E-state index contributed by atoms with van der Waals surface area (Å²) in [5.74, 6) is 1.34. The SMILES string of the molecule is CC(C)=C[C@@H]1c2cccc3c2[C@]24CCN1C1=NCC[C@]12c1ccccc1N[C@@H]4N3C. The Morgan fingerprint density at radius 2 is 2.00 bits per heavy atom. The zero-order valence-corrected chi connectivity index (χ0v) is 17.9. The van der Waals surface area contributed by atoms with Gasteiger partial charge in [-0.05, 0) is 55.5 Å². The fourth-order valence-electron chi connectivity index (χ4n) is 7.63. The summed E-state index contributed by atoms with van der Waals surface area (Å²) < 4.78 is 0. The fourth-order valence-corrected chi connectivity index (χ4v) is 7.63. The highest BCUT2D eigenvalue weighted by Gasteiger charge is 2.72. The summed E-state index contributed by atoms with van der Waals surface area (Å²) in [6.45, 7) is 6.45. The maximum Gasteiger partial charge on any atom is 0.112 e. The maximum atomic E-state index is 5.26. The number of hydrogen-bond acceptors (Lipinski definition) is 4. The molecule has 2 aromatic carbocycles. The molecule has 6 heterocycles. The van der Waals surface area contributed by atoms with Crippen molar-refractivity contribution in [3.05, 3.63) is 70.8 Å². The van der Waals surface area contributed by atoms with Crippen LogP contribution in [0.15, 0.2) is 59.1 Å². The van der Waals surface area contributed by atoms with E-state index in [4.69, 9.17) is 4.99 Å². The van der Waals surface area contributed by atoms with Gasteiger partial charge in [-0.15, -0.1) is 0 Å². The molecule has 1 N–H and O–H groups in total. The molecule has 1 fully saturated rings. The Kier molecular flexibility index (Phi) is 2.99. The number of amidine groups is 1. The van der Waals surface area contributed by atoms with Gasteiger partial charge < -0.3 is 15.1 Å². The van der Waals surface area contributed by atoms with Gasteiger partial charge in [0, 0.05) is 31.5 Å². The highest BCUT2D eigenvalue weighted by molar-refractivity contribution is 6.03. The molecule has 0 aromatic heterocycles. The van der Waals surface area contributed by atoms with Gasteiger partial charge >= 0.3 is 0 Å². The van der Waals surface area contributed by atoms with Crippen LogP contribution in [0.1, 0.15) is 49.4 Å². The average molecular weight is 397 g/mol. The quantitative estimate of drug-likeness (QED) is 0.715. The van der Waals surface area contributed by atoms with Gasteiger partial charge in [-0.2, -0.15) is 0 Å². The topological polar surface area (TPSA) is 30.9 Å². The zero-order chi connectivity index (χ0) is 20.3. The lowest BCUT2D eigenvalue weighted by Crippen LogP contribution is -2.69. The number of para-hydroxylation sites is 1. The number of allylic oxidation sites excluding steroid dienone is 1. The monoisotopic (exact) mass is 396 g/mol. The van der Waals surface area contributed by atoms with Gasteiger partial charge in [0.25, 0.3) is 0 Å². The van der Waals surface area contributed by atoms with Crippen molar-refractivity contribution in [3.63, 3.8) is 0 Å². The standard InChI is InChI=1S/C26H28N4/c1-16(2)15-21-17-7-6-10-20-22(17)26-12-14-30(21)23-25(26,11-13-27-23)18-8-4-5-9-19(18)28-24(26)29(20)3/h4-10,15,21,24,28H,11-14H2,1-3H3/t21-,24-,25+,26+/m1/s1. The molecule has 30 heavy (non-hydrogen) atoms. The van der Waals surface area contributed by atoms with E-state index < -0.39 is 0 Å². The number of hydrogen-bond donors (Lipinski definition) is 1. The van der Waals surface area contributed by atoms with Crippen LogP contribution in [0.2, 0.25) is 0 Å². The minimum absolute atomic E-state index is 0.0259. The number of aliphatic imine (C=N–C) groups is 1. The number of fused-ring (bicyclic) bond motifs is 2. The molecule has 6 aliphatic heterocycles. The molecular weight excluding hydrogens is 368 g/mol. The van der Waals surface area contributed by atoms with Gasteiger partial charge in [0.05, 0.1) is 16.9 Å². The molecule has 0 aliphatic carbocycles. The Bertz CT molecular complexity index is 1160. The minimum Gasteiger partial charge on any atom is -0.364 e. The lowest BCUT2D eigenvalue weighted by molar-refractivity contribution is 0.165. The van der Waals surface area contributed by atoms with Gasteiger partial charge in [0.2, 0.25) is 0 Å². The molecule has 4 nitrogen and oxygen atoms in total. The summed E-state index contributed by atoms with van der Waals surface area (Å²) in [7, 11) is 2.28. The van der Waals surface area contributed by atoms with Crippen LogP contribution in [0.5, 0.6) is 0 Å². The van der Waals surface area contributed by atoms with Crippen molar-refractivity contribution in [1.29, 1.82) is 0 Å². The molecule has 152 valence electrons.